The lowest BCUT2D eigenvalue weighted by molar-refractivity contribution is -0.123. The van der Waals surface area contributed by atoms with Crippen LogP contribution in [0.2, 0.25) is 0 Å². The largest absolute Gasteiger partial charge is 0.273 e. The number of nitrogens with one attached hydrogen (secondary N) is 4. The molecular formula is C21H22Br2N4O4. The molecule has 0 aliphatic rings. The first-order valence-corrected chi connectivity index (χ1v) is 11.0. The van der Waals surface area contributed by atoms with E-state index in [-0.39, 0.29) is 19.3 Å². The standard InChI is InChI=1S/C21H22Br2N4O4/c1-12-6-8-14(10-16(12)22)20(30)26-24-18(28)4-3-5-19(29)25-27-21(31)15-9-7-13(2)17(23)11-15/h6-11H,3-5H2,1-2H3,(H,24,28)(H,25,29)(H,26,30)(H,27,31). The summed E-state index contributed by atoms with van der Waals surface area (Å²) in [6.45, 7) is 3.80. The van der Waals surface area contributed by atoms with Crippen molar-refractivity contribution in [1.29, 1.82) is 0 Å². The molecule has 0 aliphatic heterocycles. The maximum Gasteiger partial charge on any atom is 0.269 e. The molecule has 0 radical (unpaired) electrons. The quantitative estimate of drug-likeness (QED) is 0.411. The van der Waals surface area contributed by atoms with E-state index in [0.717, 1.165) is 20.1 Å². The van der Waals surface area contributed by atoms with Crippen molar-refractivity contribution in [2.45, 2.75) is 33.1 Å². The Hall–Kier alpha value is -2.72. The summed E-state index contributed by atoms with van der Waals surface area (Å²) in [6.07, 6.45) is 0.309. The topological polar surface area (TPSA) is 116 Å². The molecule has 0 spiro atoms. The van der Waals surface area contributed by atoms with E-state index in [1.165, 1.54) is 0 Å². The molecule has 10 heteroatoms. The maximum atomic E-state index is 12.0. The van der Waals surface area contributed by atoms with Crippen LogP contribution in [0.4, 0.5) is 0 Å². The van der Waals surface area contributed by atoms with E-state index in [1.54, 1.807) is 36.4 Å². The van der Waals surface area contributed by atoms with Gasteiger partial charge in [0, 0.05) is 32.9 Å². The normalized spacial score (nSPS) is 10.2. The Labute approximate surface area is 196 Å². The molecule has 0 heterocycles. The second-order valence-corrected chi connectivity index (χ2v) is 8.49. The predicted molar refractivity (Wildman–Crippen MR) is 123 cm³/mol. The molecule has 0 unspecified atom stereocenters. The highest BCUT2D eigenvalue weighted by molar-refractivity contribution is 9.10. The van der Waals surface area contributed by atoms with Gasteiger partial charge in [0.2, 0.25) is 11.8 Å². The minimum atomic E-state index is -0.447. The van der Waals surface area contributed by atoms with Crippen LogP contribution in [-0.4, -0.2) is 23.6 Å². The number of carbonyl (C=O) groups is 4. The summed E-state index contributed by atoms with van der Waals surface area (Å²) in [6, 6.07) is 10.2. The number of hydrogen-bond donors (Lipinski definition) is 4. The minimum absolute atomic E-state index is 0.0319. The van der Waals surface area contributed by atoms with E-state index in [9.17, 15) is 19.2 Å². The van der Waals surface area contributed by atoms with Crippen LogP contribution in [-0.2, 0) is 9.59 Å². The molecule has 0 saturated heterocycles. The molecule has 4 N–H and O–H groups in total. The zero-order valence-corrected chi connectivity index (χ0v) is 20.1. The van der Waals surface area contributed by atoms with Crippen molar-refractivity contribution in [1.82, 2.24) is 21.7 Å². The summed E-state index contributed by atoms with van der Waals surface area (Å²) in [4.78, 5) is 47.8. The van der Waals surface area contributed by atoms with Gasteiger partial charge in [-0.1, -0.05) is 44.0 Å². The van der Waals surface area contributed by atoms with Crippen molar-refractivity contribution in [2.24, 2.45) is 0 Å². The Kier molecular flexibility index (Phi) is 9.20. The summed E-state index contributed by atoms with van der Waals surface area (Å²) >= 11 is 6.70. The van der Waals surface area contributed by atoms with E-state index in [2.05, 4.69) is 53.6 Å². The van der Waals surface area contributed by atoms with Gasteiger partial charge in [0.05, 0.1) is 0 Å². The zero-order chi connectivity index (χ0) is 23.0. The van der Waals surface area contributed by atoms with Crippen LogP contribution < -0.4 is 21.7 Å². The highest BCUT2D eigenvalue weighted by Gasteiger charge is 2.11. The Balaban J connectivity index is 1.66. The molecule has 0 aromatic heterocycles. The van der Waals surface area contributed by atoms with Crippen molar-refractivity contribution >= 4 is 55.5 Å². The molecule has 164 valence electrons. The fourth-order valence-corrected chi connectivity index (χ4v) is 3.16. The lowest BCUT2D eigenvalue weighted by Crippen LogP contribution is -2.42. The van der Waals surface area contributed by atoms with Crippen LogP contribution in [0.3, 0.4) is 0 Å². The van der Waals surface area contributed by atoms with E-state index in [4.69, 9.17) is 0 Å². The number of halogens is 2. The summed E-state index contributed by atoms with van der Waals surface area (Å²) in [5.41, 5.74) is 12.0. The number of amides is 4. The van der Waals surface area contributed by atoms with Gasteiger partial charge in [-0.25, -0.2) is 0 Å². The van der Waals surface area contributed by atoms with Gasteiger partial charge in [0.25, 0.3) is 11.8 Å². The SMILES string of the molecule is Cc1ccc(C(=O)NNC(=O)CCCC(=O)NNC(=O)c2ccc(C)c(Br)c2)cc1Br. The monoisotopic (exact) mass is 552 g/mol. The Bertz CT molecular complexity index is 931. The number of rotatable bonds is 6. The minimum Gasteiger partial charge on any atom is -0.273 e. The molecule has 8 nitrogen and oxygen atoms in total. The van der Waals surface area contributed by atoms with Crippen molar-refractivity contribution in [3.63, 3.8) is 0 Å². The molecule has 4 amide bonds. The van der Waals surface area contributed by atoms with Crippen LogP contribution in [0.1, 0.15) is 51.1 Å². The number of carbonyl (C=O) groups excluding carboxylic acids is 4. The molecule has 0 saturated carbocycles. The van der Waals surface area contributed by atoms with Gasteiger partial charge in [0.1, 0.15) is 0 Å². The van der Waals surface area contributed by atoms with Crippen LogP contribution in [0.15, 0.2) is 45.3 Å². The number of aryl methyl sites for hydroxylation is 2. The van der Waals surface area contributed by atoms with Crippen LogP contribution >= 0.6 is 31.9 Å². The first-order valence-electron chi connectivity index (χ1n) is 9.38. The summed E-state index contributed by atoms with van der Waals surface area (Å²) in [5.74, 6) is -1.75. The molecule has 31 heavy (non-hydrogen) atoms. The van der Waals surface area contributed by atoms with Crippen molar-refractivity contribution in [3.8, 4) is 0 Å². The summed E-state index contributed by atoms with van der Waals surface area (Å²) in [7, 11) is 0. The average molecular weight is 554 g/mol. The van der Waals surface area contributed by atoms with Gasteiger partial charge in [-0.05, 0) is 55.7 Å². The summed E-state index contributed by atoms with van der Waals surface area (Å²) in [5, 5.41) is 0. The molecule has 0 fully saturated rings. The van der Waals surface area contributed by atoms with Gasteiger partial charge < -0.3 is 0 Å². The summed E-state index contributed by atoms with van der Waals surface area (Å²) < 4.78 is 1.58. The molecule has 2 aromatic rings. The van der Waals surface area contributed by atoms with Crippen LogP contribution in [0.25, 0.3) is 0 Å². The Morgan fingerprint density at radius 1 is 0.677 bits per heavy atom. The first kappa shape index (κ1) is 24.5. The highest BCUT2D eigenvalue weighted by atomic mass is 79.9. The Morgan fingerprint density at radius 3 is 1.42 bits per heavy atom. The van der Waals surface area contributed by atoms with Gasteiger partial charge >= 0.3 is 0 Å². The number of hydrogen-bond acceptors (Lipinski definition) is 4. The van der Waals surface area contributed by atoms with Crippen LogP contribution in [0.5, 0.6) is 0 Å². The van der Waals surface area contributed by atoms with E-state index >= 15 is 0 Å². The second-order valence-electron chi connectivity index (χ2n) is 6.79. The smallest absolute Gasteiger partial charge is 0.269 e. The molecule has 2 aromatic carbocycles. The molecule has 0 atom stereocenters. The van der Waals surface area contributed by atoms with Gasteiger partial charge in [-0.2, -0.15) is 0 Å². The van der Waals surface area contributed by atoms with Gasteiger partial charge in [-0.3, -0.25) is 40.9 Å². The highest BCUT2D eigenvalue weighted by Crippen LogP contribution is 2.18. The lowest BCUT2D eigenvalue weighted by Gasteiger charge is -2.09. The third kappa shape index (κ3) is 7.80. The third-order valence-electron chi connectivity index (χ3n) is 4.31. The van der Waals surface area contributed by atoms with Crippen molar-refractivity contribution < 1.29 is 19.2 Å². The first-order chi connectivity index (χ1) is 14.7. The fourth-order valence-electron chi connectivity index (χ4n) is 2.40. The molecule has 0 aliphatic carbocycles. The average Bonchev–Trinajstić information content (AvgIpc) is 2.74. The lowest BCUT2D eigenvalue weighted by atomic mass is 10.1. The van der Waals surface area contributed by atoms with Crippen molar-refractivity contribution in [2.75, 3.05) is 0 Å². The molecule has 0 bridgehead atoms. The van der Waals surface area contributed by atoms with Gasteiger partial charge in [-0.15, -0.1) is 0 Å². The fraction of sp³-hybridized carbons (Fsp3) is 0.238. The second kappa shape index (κ2) is 11.6. The van der Waals surface area contributed by atoms with E-state index in [1.807, 2.05) is 13.8 Å². The number of benzene rings is 2. The van der Waals surface area contributed by atoms with Crippen molar-refractivity contribution in [3.05, 3.63) is 67.6 Å². The van der Waals surface area contributed by atoms with Crippen LogP contribution in [0, 0.1) is 13.8 Å². The molecular weight excluding hydrogens is 532 g/mol. The molecule has 2 rings (SSSR count). The third-order valence-corrected chi connectivity index (χ3v) is 6.02. The number of hydrazine groups is 2. The Morgan fingerprint density at radius 2 is 1.06 bits per heavy atom. The zero-order valence-electron chi connectivity index (χ0n) is 17.0. The van der Waals surface area contributed by atoms with Gasteiger partial charge in [0.15, 0.2) is 0 Å². The maximum absolute atomic E-state index is 12.0. The predicted octanol–water partition coefficient (Wildman–Crippen LogP) is 3.22. The van der Waals surface area contributed by atoms with E-state index < -0.39 is 23.6 Å². The van der Waals surface area contributed by atoms with E-state index in [0.29, 0.717) is 11.1 Å².